The van der Waals surface area contributed by atoms with Gasteiger partial charge in [-0.3, -0.25) is 0 Å². The van der Waals surface area contributed by atoms with Crippen LogP contribution in [0.25, 0.3) is 11.3 Å². The van der Waals surface area contributed by atoms with Gasteiger partial charge in [0.1, 0.15) is 11.6 Å². The summed E-state index contributed by atoms with van der Waals surface area (Å²) in [4.78, 5) is 6.71. The fourth-order valence-corrected chi connectivity index (χ4v) is 1.58. The van der Waals surface area contributed by atoms with Crippen LogP contribution < -0.4 is 10.5 Å². The zero-order chi connectivity index (χ0) is 14.9. The Morgan fingerprint density at radius 1 is 1.15 bits per heavy atom. The maximum Gasteiger partial charge on any atom is 0.433 e. The number of rotatable bonds is 2. The van der Waals surface area contributed by atoms with Crippen molar-refractivity contribution in [1.29, 1.82) is 0 Å². The zero-order valence-corrected chi connectivity index (χ0v) is 10.2. The van der Waals surface area contributed by atoms with Crippen molar-refractivity contribution in [2.24, 2.45) is 0 Å². The topological polar surface area (TPSA) is 61.0 Å². The normalized spacial score (nSPS) is 11.4. The first kappa shape index (κ1) is 14.0. The van der Waals surface area contributed by atoms with Crippen molar-refractivity contribution in [3.05, 3.63) is 35.8 Å². The molecule has 20 heavy (non-hydrogen) atoms. The Balaban J connectivity index is 2.55. The van der Waals surface area contributed by atoms with Gasteiger partial charge in [0.15, 0.2) is 5.69 Å². The molecule has 0 bridgehead atoms. The van der Waals surface area contributed by atoms with E-state index >= 15 is 0 Å². The Bertz CT molecular complexity index is 643. The largest absolute Gasteiger partial charge is 0.497 e. The van der Waals surface area contributed by atoms with Gasteiger partial charge in [-0.1, -0.05) is 0 Å². The summed E-state index contributed by atoms with van der Waals surface area (Å²) in [5.74, 6) is -1.11. The number of nitrogens with zero attached hydrogens (tertiary/aromatic N) is 2. The molecule has 2 rings (SSSR count). The molecule has 0 spiro atoms. The molecule has 8 heteroatoms. The molecule has 0 saturated carbocycles. The van der Waals surface area contributed by atoms with Crippen LogP contribution >= 0.6 is 0 Å². The molecule has 2 aromatic rings. The number of hydrogen-bond donors (Lipinski definition) is 1. The lowest BCUT2D eigenvalue weighted by Crippen LogP contribution is -2.11. The van der Waals surface area contributed by atoms with Crippen molar-refractivity contribution in [2.45, 2.75) is 6.18 Å². The number of halogens is 4. The summed E-state index contributed by atoms with van der Waals surface area (Å²) in [6.45, 7) is 0. The standard InChI is InChI=1S/C12H9F4N3O/c1-20-6-2-3-7(8(13)4-6)9-5-10(12(14,15)16)19-11(17)18-9/h2-5H,1H3,(H2,17,18,19). The summed E-state index contributed by atoms with van der Waals surface area (Å²) >= 11 is 0. The number of ether oxygens (including phenoxy) is 1. The van der Waals surface area contributed by atoms with E-state index in [0.29, 0.717) is 6.07 Å². The third-order valence-electron chi connectivity index (χ3n) is 2.49. The third-order valence-corrected chi connectivity index (χ3v) is 2.49. The maximum atomic E-state index is 13.8. The van der Waals surface area contributed by atoms with Gasteiger partial charge >= 0.3 is 6.18 Å². The molecule has 0 fully saturated rings. The summed E-state index contributed by atoms with van der Waals surface area (Å²) < 4.78 is 56.5. The minimum absolute atomic E-state index is 0.120. The Morgan fingerprint density at radius 2 is 1.85 bits per heavy atom. The maximum absolute atomic E-state index is 13.8. The Kier molecular flexibility index (Phi) is 3.47. The van der Waals surface area contributed by atoms with Crippen molar-refractivity contribution in [3.63, 3.8) is 0 Å². The highest BCUT2D eigenvalue weighted by molar-refractivity contribution is 5.62. The highest BCUT2D eigenvalue weighted by Crippen LogP contribution is 2.32. The average Bonchev–Trinajstić information content (AvgIpc) is 2.36. The predicted octanol–water partition coefficient (Wildman–Crippen LogP) is 2.89. The van der Waals surface area contributed by atoms with Crippen LogP contribution in [-0.4, -0.2) is 17.1 Å². The monoisotopic (exact) mass is 287 g/mol. The number of benzene rings is 1. The molecule has 0 aliphatic carbocycles. The molecule has 4 nitrogen and oxygen atoms in total. The van der Waals surface area contributed by atoms with Crippen molar-refractivity contribution < 1.29 is 22.3 Å². The van der Waals surface area contributed by atoms with Crippen LogP contribution in [0.1, 0.15) is 5.69 Å². The van der Waals surface area contributed by atoms with E-state index in [9.17, 15) is 17.6 Å². The molecule has 1 heterocycles. The first-order valence-electron chi connectivity index (χ1n) is 5.37. The Hall–Kier alpha value is -2.38. The minimum Gasteiger partial charge on any atom is -0.497 e. The van der Waals surface area contributed by atoms with Crippen LogP contribution in [0.2, 0.25) is 0 Å². The SMILES string of the molecule is COc1ccc(-c2cc(C(F)(F)F)nc(N)n2)c(F)c1. The summed E-state index contributed by atoms with van der Waals surface area (Å²) in [5.41, 5.74) is 3.64. The lowest BCUT2D eigenvalue weighted by atomic mass is 10.1. The van der Waals surface area contributed by atoms with Crippen LogP contribution in [0.15, 0.2) is 24.3 Å². The number of nitrogens with two attached hydrogens (primary N) is 1. The van der Waals surface area contributed by atoms with E-state index in [1.165, 1.54) is 19.2 Å². The summed E-state index contributed by atoms with van der Waals surface area (Å²) in [5, 5.41) is 0. The van der Waals surface area contributed by atoms with Gasteiger partial charge in [0, 0.05) is 11.6 Å². The van der Waals surface area contributed by atoms with Gasteiger partial charge in [-0.25, -0.2) is 14.4 Å². The van der Waals surface area contributed by atoms with Crippen LogP contribution in [0, 0.1) is 5.82 Å². The van der Waals surface area contributed by atoms with Gasteiger partial charge in [-0.2, -0.15) is 13.2 Å². The van der Waals surface area contributed by atoms with E-state index in [2.05, 4.69) is 9.97 Å². The fourth-order valence-electron chi connectivity index (χ4n) is 1.58. The molecule has 0 unspecified atom stereocenters. The van der Waals surface area contributed by atoms with Gasteiger partial charge < -0.3 is 10.5 Å². The lowest BCUT2D eigenvalue weighted by Gasteiger charge is -2.10. The molecule has 2 N–H and O–H groups in total. The van der Waals surface area contributed by atoms with Crippen LogP contribution in [0.5, 0.6) is 5.75 Å². The second-order valence-corrected chi connectivity index (χ2v) is 3.84. The molecule has 0 amide bonds. The van der Waals surface area contributed by atoms with E-state index in [1.54, 1.807) is 0 Å². The first-order valence-corrected chi connectivity index (χ1v) is 5.37. The molecule has 0 aliphatic rings. The summed E-state index contributed by atoms with van der Waals surface area (Å²) in [6, 6.07) is 4.35. The molecule has 106 valence electrons. The highest BCUT2D eigenvalue weighted by Gasteiger charge is 2.33. The molecule has 1 aromatic heterocycles. The molecular weight excluding hydrogens is 278 g/mol. The van der Waals surface area contributed by atoms with E-state index in [0.717, 1.165) is 6.07 Å². The number of nitrogen functional groups attached to an aromatic ring is 1. The van der Waals surface area contributed by atoms with Gasteiger partial charge in [0.05, 0.1) is 12.8 Å². The number of methoxy groups -OCH3 is 1. The van der Waals surface area contributed by atoms with Crippen molar-refractivity contribution in [3.8, 4) is 17.0 Å². The van der Waals surface area contributed by atoms with Gasteiger partial charge in [-0.15, -0.1) is 0 Å². The van der Waals surface area contributed by atoms with Gasteiger partial charge in [-0.05, 0) is 18.2 Å². The van der Waals surface area contributed by atoms with Crippen LogP contribution in [-0.2, 0) is 6.18 Å². The van der Waals surface area contributed by atoms with Gasteiger partial charge in [0.25, 0.3) is 0 Å². The van der Waals surface area contributed by atoms with Crippen LogP contribution in [0.3, 0.4) is 0 Å². The number of hydrogen-bond acceptors (Lipinski definition) is 4. The number of aromatic nitrogens is 2. The zero-order valence-electron chi connectivity index (χ0n) is 10.2. The molecule has 0 saturated heterocycles. The number of alkyl halides is 3. The molecule has 0 atom stereocenters. The third kappa shape index (κ3) is 2.79. The molecule has 0 radical (unpaired) electrons. The first-order chi connectivity index (χ1) is 9.31. The summed E-state index contributed by atoms with van der Waals surface area (Å²) in [6.07, 6.45) is -4.69. The van der Waals surface area contributed by atoms with E-state index < -0.39 is 23.6 Å². The van der Waals surface area contributed by atoms with E-state index in [4.69, 9.17) is 10.5 Å². The minimum atomic E-state index is -4.69. The average molecular weight is 287 g/mol. The second-order valence-electron chi connectivity index (χ2n) is 3.84. The van der Waals surface area contributed by atoms with Crippen LogP contribution in [0.4, 0.5) is 23.5 Å². The van der Waals surface area contributed by atoms with Gasteiger partial charge in [0.2, 0.25) is 5.95 Å². The second kappa shape index (κ2) is 4.95. The fraction of sp³-hybridized carbons (Fsp3) is 0.167. The quantitative estimate of drug-likeness (QED) is 0.863. The Morgan fingerprint density at radius 3 is 2.40 bits per heavy atom. The van der Waals surface area contributed by atoms with Crippen molar-refractivity contribution in [1.82, 2.24) is 9.97 Å². The van der Waals surface area contributed by atoms with Crippen molar-refractivity contribution >= 4 is 5.95 Å². The molecular formula is C12H9F4N3O. The predicted molar refractivity (Wildman–Crippen MR) is 63.4 cm³/mol. The molecule has 0 aliphatic heterocycles. The van der Waals surface area contributed by atoms with E-state index in [-0.39, 0.29) is 17.0 Å². The Labute approximate surface area is 111 Å². The molecule has 1 aromatic carbocycles. The highest BCUT2D eigenvalue weighted by atomic mass is 19.4. The smallest absolute Gasteiger partial charge is 0.433 e. The van der Waals surface area contributed by atoms with Crippen molar-refractivity contribution in [2.75, 3.05) is 12.8 Å². The van der Waals surface area contributed by atoms with E-state index in [1.807, 2.05) is 0 Å². The summed E-state index contributed by atoms with van der Waals surface area (Å²) in [7, 11) is 1.35. The lowest BCUT2D eigenvalue weighted by molar-refractivity contribution is -0.141. The number of anilines is 1.